The molecule has 0 bridgehead atoms. The Morgan fingerprint density at radius 1 is 1.26 bits per heavy atom. The number of nitro groups is 1. The third-order valence-corrected chi connectivity index (χ3v) is 7.75. The maximum absolute atomic E-state index is 13.8. The SMILES string of the molecule is CN(C)[C@@H]1C=C(C(N)=O)C(=O)[C@@]2(O)C(O)=C3C(=O)c4c(O)c([N+](=O)[O-])cc(-c5ccccn5)c4C[C@H]3C[C@@H]12. The molecule has 2 aromatic rings. The first-order valence-electron chi connectivity index (χ1n) is 11.8. The van der Waals surface area contributed by atoms with Gasteiger partial charge >= 0.3 is 5.69 Å². The molecule has 0 unspecified atom stereocenters. The van der Waals surface area contributed by atoms with Crippen LogP contribution in [0.3, 0.4) is 0 Å². The highest BCUT2D eigenvalue weighted by molar-refractivity contribution is 6.24. The number of phenols is 1. The molecule has 0 saturated heterocycles. The van der Waals surface area contributed by atoms with E-state index in [0.717, 1.165) is 6.07 Å². The van der Waals surface area contributed by atoms with Crippen LogP contribution in [-0.2, 0) is 16.0 Å². The van der Waals surface area contributed by atoms with Crippen molar-refractivity contribution >= 4 is 23.2 Å². The van der Waals surface area contributed by atoms with Gasteiger partial charge in [-0.25, -0.2) is 0 Å². The molecule has 1 aromatic heterocycles. The van der Waals surface area contributed by atoms with Crippen LogP contribution in [0.25, 0.3) is 11.3 Å². The number of Topliss-reactive ketones (excluding diaryl/α,β-unsaturated/α-hetero) is 2. The lowest BCUT2D eigenvalue weighted by atomic mass is 9.59. The van der Waals surface area contributed by atoms with Crippen molar-refractivity contribution in [2.75, 3.05) is 14.1 Å². The number of nitrogens with zero attached hydrogens (tertiary/aromatic N) is 3. The number of benzene rings is 1. The Labute approximate surface area is 215 Å². The van der Waals surface area contributed by atoms with Gasteiger partial charge in [-0.1, -0.05) is 12.1 Å². The van der Waals surface area contributed by atoms with Crippen LogP contribution < -0.4 is 5.73 Å². The number of hydrogen-bond acceptors (Lipinski definition) is 10. The van der Waals surface area contributed by atoms with Crippen LogP contribution in [0.4, 0.5) is 5.69 Å². The number of ketones is 2. The third-order valence-electron chi connectivity index (χ3n) is 7.75. The van der Waals surface area contributed by atoms with Gasteiger partial charge in [0.1, 0.15) is 5.76 Å². The number of aromatic nitrogens is 1. The molecule has 0 aliphatic heterocycles. The summed E-state index contributed by atoms with van der Waals surface area (Å²) >= 11 is 0. The van der Waals surface area contributed by atoms with Crippen LogP contribution >= 0.6 is 0 Å². The van der Waals surface area contributed by atoms with Gasteiger partial charge in [-0.3, -0.25) is 29.5 Å². The van der Waals surface area contributed by atoms with E-state index in [0.29, 0.717) is 11.3 Å². The average molecular weight is 520 g/mol. The minimum absolute atomic E-state index is 0.0532. The molecule has 1 aromatic carbocycles. The smallest absolute Gasteiger partial charge is 0.312 e. The lowest BCUT2D eigenvalue weighted by Crippen LogP contribution is -2.62. The zero-order valence-electron chi connectivity index (χ0n) is 20.4. The Morgan fingerprint density at radius 2 is 1.97 bits per heavy atom. The molecule has 5 N–H and O–H groups in total. The minimum Gasteiger partial charge on any atom is -0.508 e. The summed E-state index contributed by atoms with van der Waals surface area (Å²) in [6, 6.07) is 5.41. The molecular formula is C26H24N4O8. The summed E-state index contributed by atoms with van der Waals surface area (Å²) in [4.78, 5) is 56.0. The number of likely N-dealkylation sites (N-methyl/N-ethyl adjacent to an activating group) is 1. The Kier molecular flexibility index (Phi) is 5.69. The van der Waals surface area contributed by atoms with E-state index in [1.165, 1.54) is 12.3 Å². The van der Waals surface area contributed by atoms with Crippen molar-refractivity contribution in [2.45, 2.75) is 24.5 Å². The van der Waals surface area contributed by atoms with Crippen LogP contribution in [0.2, 0.25) is 0 Å². The number of carbonyl (C=O) groups is 3. The Balaban J connectivity index is 1.77. The van der Waals surface area contributed by atoms with E-state index in [1.807, 2.05) is 0 Å². The standard InChI is InChI=1S/C26H24N4O8/c1-29(2)17-10-14(25(27)35)23(33)26(36)15(17)8-11-7-13-12(16-5-3-4-6-28-16)9-18(30(37)38)21(31)20(13)22(32)19(11)24(26)34/h3-6,9-11,15,17,31,34,36H,7-8H2,1-2H3,(H2,27,35)/t11-,15-,17+,26+/m0/s1. The zero-order valence-corrected chi connectivity index (χ0v) is 20.4. The molecule has 5 rings (SSSR count). The predicted octanol–water partition coefficient (Wildman–Crippen LogP) is 1.21. The molecule has 0 fully saturated rings. The van der Waals surface area contributed by atoms with Gasteiger partial charge in [-0.2, -0.15) is 0 Å². The van der Waals surface area contributed by atoms with Gasteiger partial charge in [0.05, 0.1) is 21.8 Å². The molecule has 0 spiro atoms. The van der Waals surface area contributed by atoms with Crippen LogP contribution in [-0.4, -0.2) is 73.3 Å². The third kappa shape index (κ3) is 3.37. The predicted molar refractivity (Wildman–Crippen MR) is 132 cm³/mol. The van der Waals surface area contributed by atoms with Crippen LogP contribution in [0.5, 0.6) is 5.75 Å². The number of phenolic OH excluding ortho intramolecular Hbond substituents is 1. The lowest BCUT2D eigenvalue weighted by molar-refractivity contribution is -0.385. The maximum atomic E-state index is 13.8. The number of aromatic hydroxyl groups is 1. The number of carbonyl (C=O) groups excluding carboxylic acids is 3. The van der Waals surface area contributed by atoms with Crippen molar-refractivity contribution in [1.82, 2.24) is 9.88 Å². The number of amides is 1. The lowest BCUT2D eigenvalue weighted by Gasteiger charge is -2.49. The number of fused-ring (bicyclic) bond motifs is 3. The van der Waals surface area contributed by atoms with E-state index in [4.69, 9.17) is 5.73 Å². The van der Waals surface area contributed by atoms with E-state index in [-0.39, 0.29) is 24.0 Å². The van der Waals surface area contributed by atoms with Crippen molar-refractivity contribution in [3.63, 3.8) is 0 Å². The summed E-state index contributed by atoms with van der Waals surface area (Å²) in [6.45, 7) is 0. The van der Waals surface area contributed by atoms with Gasteiger partial charge in [-0.15, -0.1) is 0 Å². The summed E-state index contributed by atoms with van der Waals surface area (Å²) in [7, 11) is 3.34. The van der Waals surface area contributed by atoms with Crippen molar-refractivity contribution in [2.24, 2.45) is 17.6 Å². The highest BCUT2D eigenvalue weighted by Gasteiger charge is 2.61. The molecule has 38 heavy (non-hydrogen) atoms. The molecule has 3 aliphatic carbocycles. The van der Waals surface area contributed by atoms with Gasteiger partial charge in [0.15, 0.2) is 11.4 Å². The van der Waals surface area contributed by atoms with Gasteiger partial charge in [0.2, 0.25) is 11.5 Å². The van der Waals surface area contributed by atoms with Crippen molar-refractivity contribution < 1.29 is 34.6 Å². The van der Waals surface area contributed by atoms with Gasteiger partial charge in [0.25, 0.3) is 5.91 Å². The largest absolute Gasteiger partial charge is 0.508 e. The fourth-order valence-electron chi connectivity index (χ4n) is 6.01. The molecule has 12 heteroatoms. The molecule has 1 heterocycles. The summed E-state index contributed by atoms with van der Waals surface area (Å²) < 4.78 is 0. The molecule has 3 aliphatic rings. The first-order chi connectivity index (χ1) is 17.9. The normalized spacial score (nSPS) is 26.4. The molecule has 1 amide bonds. The van der Waals surface area contributed by atoms with Crippen molar-refractivity contribution in [3.05, 3.63) is 74.7 Å². The second-order valence-corrected chi connectivity index (χ2v) is 9.95. The molecular weight excluding hydrogens is 496 g/mol. The summed E-state index contributed by atoms with van der Waals surface area (Å²) in [5, 5.41) is 45.5. The number of pyridine rings is 1. The second-order valence-electron chi connectivity index (χ2n) is 9.95. The number of primary amides is 1. The number of allylic oxidation sites excluding steroid dienone is 1. The van der Waals surface area contributed by atoms with E-state index < -0.39 is 74.2 Å². The second kappa shape index (κ2) is 8.57. The number of aliphatic hydroxyl groups is 2. The highest BCUT2D eigenvalue weighted by Crippen LogP contribution is 2.53. The van der Waals surface area contributed by atoms with E-state index in [2.05, 4.69) is 4.98 Å². The molecule has 0 radical (unpaired) electrons. The first-order valence-corrected chi connectivity index (χ1v) is 11.8. The summed E-state index contributed by atoms with van der Waals surface area (Å²) in [6.07, 6.45) is 2.96. The number of nitro benzene ring substituents is 1. The maximum Gasteiger partial charge on any atom is 0.312 e. The van der Waals surface area contributed by atoms with Gasteiger partial charge < -0.3 is 26.0 Å². The fraction of sp³-hybridized carbons (Fsp3) is 0.308. The summed E-state index contributed by atoms with van der Waals surface area (Å²) in [5.74, 6) is -6.66. The van der Waals surface area contributed by atoms with E-state index in [1.54, 1.807) is 37.2 Å². The van der Waals surface area contributed by atoms with Crippen molar-refractivity contribution in [1.29, 1.82) is 0 Å². The number of nitrogens with two attached hydrogens (primary N) is 1. The average Bonchev–Trinajstić information content (AvgIpc) is 2.86. The molecule has 4 atom stereocenters. The van der Waals surface area contributed by atoms with Crippen LogP contribution in [0.15, 0.2) is 53.4 Å². The summed E-state index contributed by atoms with van der Waals surface area (Å²) in [5.41, 5.74) is 1.69. The topological polar surface area (TPSA) is 197 Å². The number of rotatable bonds is 4. The van der Waals surface area contributed by atoms with Gasteiger partial charge in [0, 0.05) is 35.4 Å². The Morgan fingerprint density at radius 3 is 2.55 bits per heavy atom. The minimum atomic E-state index is -2.63. The first kappa shape index (κ1) is 25.2. The molecule has 12 nitrogen and oxygen atoms in total. The van der Waals surface area contributed by atoms with E-state index in [9.17, 15) is 39.8 Å². The number of aliphatic hydroxyl groups excluding tert-OH is 1. The quantitative estimate of drug-likeness (QED) is 0.258. The fourth-order valence-corrected chi connectivity index (χ4v) is 6.01. The molecule has 196 valence electrons. The zero-order chi connectivity index (χ0) is 27.7. The van der Waals surface area contributed by atoms with Crippen LogP contribution in [0.1, 0.15) is 22.3 Å². The number of hydrogen-bond donors (Lipinski definition) is 4. The Hall–Kier alpha value is -4.42. The van der Waals surface area contributed by atoms with Crippen molar-refractivity contribution in [3.8, 4) is 17.0 Å². The van der Waals surface area contributed by atoms with Gasteiger partial charge in [-0.05, 0) is 50.6 Å². The monoisotopic (exact) mass is 520 g/mol. The van der Waals surface area contributed by atoms with Crippen LogP contribution in [0, 0.1) is 22.0 Å². The van der Waals surface area contributed by atoms with E-state index >= 15 is 0 Å². The highest BCUT2D eigenvalue weighted by atomic mass is 16.6. The Bertz CT molecular complexity index is 1500. The molecule has 0 saturated carbocycles.